The Morgan fingerprint density at radius 1 is 1.21 bits per heavy atom. The molecule has 0 bridgehead atoms. The van der Waals surface area contributed by atoms with Crippen molar-refractivity contribution in [1.82, 2.24) is 0 Å². The standard InChI is InChI=1S/C10H11NO2S/c11-10-4-2-1-3-9(10)8-5-6-14(12,13)7-8/h1-5H,6-7,11H2. The zero-order valence-corrected chi connectivity index (χ0v) is 8.42. The molecule has 0 amide bonds. The Morgan fingerprint density at radius 2 is 1.93 bits per heavy atom. The van der Waals surface area contributed by atoms with E-state index in [-0.39, 0.29) is 11.5 Å². The lowest BCUT2D eigenvalue weighted by Crippen LogP contribution is -2.03. The van der Waals surface area contributed by atoms with Gasteiger partial charge in [0.2, 0.25) is 0 Å². The van der Waals surface area contributed by atoms with Crippen molar-refractivity contribution in [2.75, 3.05) is 17.2 Å². The van der Waals surface area contributed by atoms with Gasteiger partial charge in [-0.05, 0) is 11.6 Å². The van der Waals surface area contributed by atoms with Crippen molar-refractivity contribution in [2.45, 2.75) is 0 Å². The summed E-state index contributed by atoms with van der Waals surface area (Å²) >= 11 is 0. The van der Waals surface area contributed by atoms with Crippen molar-refractivity contribution < 1.29 is 8.42 Å². The monoisotopic (exact) mass is 209 g/mol. The zero-order valence-electron chi connectivity index (χ0n) is 7.60. The Kier molecular flexibility index (Phi) is 2.07. The maximum atomic E-state index is 11.2. The number of nitrogens with two attached hydrogens (primary N) is 1. The topological polar surface area (TPSA) is 60.2 Å². The summed E-state index contributed by atoms with van der Waals surface area (Å²) in [5, 5.41) is 0. The van der Waals surface area contributed by atoms with Gasteiger partial charge in [-0.15, -0.1) is 0 Å². The van der Waals surface area contributed by atoms with Crippen LogP contribution in [0.5, 0.6) is 0 Å². The van der Waals surface area contributed by atoms with E-state index in [9.17, 15) is 8.42 Å². The molecule has 2 N–H and O–H groups in total. The van der Waals surface area contributed by atoms with Gasteiger partial charge in [0.25, 0.3) is 0 Å². The van der Waals surface area contributed by atoms with Crippen molar-refractivity contribution in [3.8, 4) is 0 Å². The number of hydrogen-bond donors (Lipinski definition) is 1. The smallest absolute Gasteiger partial charge is 0.158 e. The summed E-state index contributed by atoms with van der Waals surface area (Å²) in [6.07, 6.45) is 1.74. The minimum atomic E-state index is -2.91. The molecule has 1 aromatic rings. The first-order chi connectivity index (χ1) is 6.58. The fourth-order valence-electron chi connectivity index (χ4n) is 1.56. The highest BCUT2D eigenvalue weighted by molar-refractivity contribution is 7.92. The van der Waals surface area contributed by atoms with Crippen LogP contribution in [0.4, 0.5) is 5.69 Å². The Hall–Kier alpha value is -1.29. The second-order valence-corrected chi connectivity index (χ2v) is 5.48. The van der Waals surface area contributed by atoms with Crippen LogP contribution >= 0.6 is 0 Å². The Balaban J connectivity index is 2.40. The number of hydrogen-bond acceptors (Lipinski definition) is 3. The summed E-state index contributed by atoms with van der Waals surface area (Å²) < 4.78 is 22.5. The predicted octanol–water partition coefficient (Wildman–Crippen LogP) is 1.08. The fraction of sp³-hybridized carbons (Fsp3) is 0.200. The van der Waals surface area contributed by atoms with Crippen molar-refractivity contribution in [2.24, 2.45) is 0 Å². The quantitative estimate of drug-likeness (QED) is 0.704. The molecular formula is C10H11NO2S. The summed E-state index contributed by atoms with van der Waals surface area (Å²) in [5.74, 6) is 0.248. The van der Waals surface area contributed by atoms with E-state index in [1.807, 2.05) is 18.2 Å². The van der Waals surface area contributed by atoms with Gasteiger partial charge in [0.1, 0.15) is 0 Å². The molecule has 0 fully saturated rings. The van der Waals surface area contributed by atoms with E-state index >= 15 is 0 Å². The normalized spacial score (nSPS) is 19.3. The number of nitrogen functional groups attached to an aromatic ring is 1. The van der Waals surface area contributed by atoms with E-state index in [4.69, 9.17) is 5.73 Å². The lowest BCUT2D eigenvalue weighted by atomic mass is 10.1. The molecule has 0 saturated carbocycles. The number of rotatable bonds is 1. The molecule has 0 unspecified atom stereocenters. The zero-order chi connectivity index (χ0) is 10.2. The lowest BCUT2D eigenvalue weighted by molar-refractivity contribution is 0.603. The second-order valence-electron chi connectivity index (χ2n) is 3.37. The highest BCUT2D eigenvalue weighted by Crippen LogP contribution is 2.26. The molecule has 1 aliphatic heterocycles. The molecule has 2 rings (SSSR count). The third-order valence-corrected chi connectivity index (χ3v) is 3.69. The van der Waals surface area contributed by atoms with Gasteiger partial charge in [0.05, 0.1) is 11.5 Å². The molecule has 0 spiro atoms. The fourth-order valence-corrected chi connectivity index (χ4v) is 2.88. The Labute approximate surface area is 83.2 Å². The van der Waals surface area contributed by atoms with Gasteiger partial charge in [0, 0.05) is 11.3 Å². The van der Waals surface area contributed by atoms with Gasteiger partial charge >= 0.3 is 0 Å². The van der Waals surface area contributed by atoms with Gasteiger partial charge in [-0.1, -0.05) is 24.3 Å². The van der Waals surface area contributed by atoms with Crippen LogP contribution in [0.15, 0.2) is 30.3 Å². The molecule has 0 atom stereocenters. The number of anilines is 1. The average Bonchev–Trinajstić information content (AvgIpc) is 2.47. The molecule has 3 nitrogen and oxygen atoms in total. The van der Waals surface area contributed by atoms with E-state index in [0.29, 0.717) is 5.69 Å². The highest BCUT2D eigenvalue weighted by Gasteiger charge is 2.21. The molecule has 0 saturated heterocycles. The first-order valence-corrected chi connectivity index (χ1v) is 6.15. The lowest BCUT2D eigenvalue weighted by Gasteiger charge is -2.04. The minimum absolute atomic E-state index is 0.112. The molecule has 4 heteroatoms. The Bertz CT molecular complexity index is 489. The van der Waals surface area contributed by atoms with Crippen LogP contribution in [-0.2, 0) is 9.84 Å². The third-order valence-electron chi connectivity index (χ3n) is 2.27. The summed E-state index contributed by atoms with van der Waals surface area (Å²) in [4.78, 5) is 0. The average molecular weight is 209 g/mol. The number of para-hydroxylation sites is 1. The number of benzene rings is 1. The maximum absolute atomic E-state index is 11.2. The third kappa shape index (κ3) is 1.65. The highest BCUT2D eigenvalue weighted by atomic mass is 32.2. The van der Waals surface area contributed by atoms with E-state index in [0.717, 1.165) is 11.1 Å². The first kappa shape index (κ1) is 9.27. The molecule has 14 heavy (non-hydrogen) atoms. The molecule has 1 aliphatic rings. The largest absolute Gasteiger partial charge is 0.398 e. The van der Waals surface area contributed by atoms with E-state index < -0.39 is 9.84 Å². The van der Waals surface area contributed by atoms with Gasteiger partial charge in [-0.3, -0.25) is 0 Å². The van der Waals surface area contributed by atoms with Gasteiger partial charge < -0.3 is 5.73 Å². The van der Waals surface area contributed by atoms with Crippen LogP contribution in [0.2, 0.25) is 0 Å². The van der Waals surface area contributed by atoms with Crippen LogP contribution in [-0.4, -0.2) is 19.9 Å². The van der Waals surface area contributed by atoms with Crippen LogP contribution in [0.3, 0.4) is 0 Å². The van der Waals surface area contributed by atoms with Crippen molar-refractivity contribution in [3.05, 3.63) is 35.9 Å². The van der Waals surface area contributed by atoms with Gasteiger partial charge in [-0.2, -0.15) is 0 Å². The SMILES string of the molecule is Nc1ccccc1C1=CCS(=O)(=O)C1. The van der Waals surface area contributed by atoms with E-state index in [1.54, 1.807) is 12.1 Å². The molecule has 0 radical (unpaired) electrons. The van der Waals surface area contributed by atoms with Crippen LogP contribution in [0.1, 0.15) is 5.56 Å². The summed E-state index contributed by atoms with van der Waals surface area (Å²) in [6.45, 7) is 0. The molecule has 1 aromatic carbocycles. The van der Waals surface area contributed by atoms with Gasteiger partial charge in [0.15, 0.2) is 9.84 Å². The van der Waals surface area contributed by atoms with Gasteiger partial charge in [-0.25, -0.2) is 8.42 Å². The molecule has 74 valence electrons. The molecule has 0 aliphatic carbocycles. The predicted molar refractivity (Wildman–Crippen MR) is 57.5 cm³/mol. The van der Waals surface area contributed by atoms with E-state index in [2.05, 4.69) is 0 Å². The van der Waals surface area contributed by atoms with Crippen molar-refractivity contribution >= 4 is 21.1 Å². The minimum Gasteiger partial charge on any atom is -0.398 e. The molecule has 1 heterocycles. The van der Waals surface area contributed by atoms with Crippen LogP contribution in [0, 0.1) is 0 Å². The van der Waals surface area contributed by atoms with Crippen molar-refractivity contribution in [3.63, 3.8) is 0 Å². The van der Waals surface area contributed by atoms with E-state index in [1.165, 1.54) is 0 Å². The summed E-state index contributed by atoms with van der Waals surface area (Å²) in [6, 6.07) is 7.32. The maximum Gasteiger partial charge on any atom is 0.158 e. The summed E-state index contributed by atoms with van der Waals surface area (Å²) in [7, 11) is -2.91. The van der Waals surface area contributed by atoms with Crippen molar-refractivity contribution in [1.29, 1.82) is 0 Å². The molecular weight excluding hydrogens is 198 g/mol. The number of sulfone groups is 1. The van der Waals surface area contributed by atoms with Crippen LogP contribution in [0.25, 0.3) is 5.57 Å². The first-order valence-electron chi connectivity index (χ1n) is 4.33. The Morgan fingerprint density at radius 3 is 2.50 bits per heavy atom. The summed E-state index contributed by atoms with van der Waals surface area (Å²) in [5.41, 5.74) is 8.05. The molecule has 0 aromatic heterocycles. The second kappa shape index (κ2) is 3.13. The van der Waals surface area contributed by atoms with Crippen LogP contribution < -0.4 is 5.73 Å².